The third-order valence-corrected chi connectivity index (χ3v) is 3.25. The molecule has 0 atom stereocenters. The Kier molecular flexibility index (Phi) is 6.62. The normalized spacial score (nSPS) is 10.3. The average Bonchev–Trinajstić information content (AvgIpc) is 2.39. The second kappa shape index (κ2) is 7.99. The summed E-state index contributed by atoms with van der Waals surface area (Å²) in [5, 5.41) is 2.86. The van der Waals surface area contributed by atoms with Crippen LogP contribution in [0.3, 0.4) is 0 Å². The Hall–Kier alpha value is -1.30. The van der Waals surface area contributed by atoms with Crippen molar-refractivity contribution in [1.29, 1.82) is 0 Å². The zero-order chi connectivity index (χ0) is 14.3. The number of nitrogens with one attached hydrogen (secondary N) is 1. The first-order valence-electron chi connectivity index (χ1n) is 5.90. The van der Waals surface area contributed by atoms with Crippen molar-refractivity contribution in [2.24, 2.45) is 0 Å². The predicted molar refractivity (Wildman–Crippen MR) is 73.8 cm³/mol. The molecule has 0 spiro atoms. The van der Waals surface area contributed by atoms with Gasteiger partial charge in [0.05, 0.1) is 18.4 Å². The van der Waals surface area contributed by atoms with Gasteiger partial charge < -0.3 is 10.1 Å². The number of carbonyl (C=O) groups excluding carboxylic acids is 1. The fourth-order valence-electron chi connectivity index (χ4n) is 1.55. The maximum atomic E-state index is 13.5. The molecule has 1 aromatic carbocycles. The average molecular weight is 289 g/mol. The first-order valence-corrected chi connectivity index (χ1v) is 7.29. The summed E-state index contributed by atoms with van der Waals surface area (Å²) < 4.78 is 31.3. The number of methoxy groups -OCH3 is 1. The number of carbonyl (C=O) groups is 1. The van der Waals surface area contributed by atoms with Crippen molar-refractivity contribution >= 4 is 23.4 Å². The molecule has 0 aliphatic heterocycles. The van der Waals surface area contributed by atoms with Gasteiger partial charge in [0.15, 0.2) is 0 Å². The number of hydrogen-bond acceptors (Lipinski definition) is 4. The molecule has 0 fully saturated rings. The highest BCUT2D eigenvalue weighted by Crippen LogP contribution is 2.20. The van der Waals surface area contributed by atoms with Gasteiger partial charge >= 0.3 is 5.97 Å². The molecule has 6 heteroatoms. The van der Waals surface area contributed by atoms with E-state index in [0.29, 0.717) is 12.6 Å². The quantitative estimate of drug-likeness (QED) is 0.617. The van der Waals surface area contributed by atoms with Crippen molar-refractivity contribution in [3.63, 3.8) is 0 Å². The number of halogens is 2. The van der Waals surface area contributed by atoms with Gasteiger partial charge in [-0.15, -0.1) is 0 Å². The molecule has 1 rings (SSSR count). The van der Waals surface area contributed by atoms with Crippen molar-refractivity contribution in [3.05, 3.63) is 29.3 Å². The monoisotopic (exact) mass is 289 g/mol. The van der Waals surface area contributed by atoms with Crippen molar-refractivity contribution in [2.75, 3.05) is 31.0 Å². The summed E-state index contributed by atoms with van der Waals surface area (Å²) in [7, 11) is 1.15. The molecule has 0 radical (unpaired) electrons. The molecule has 3 nitrogen and oxygen atoms in total. The Morgan fingerprint density at radius 3 is 2.68 bits per heavy atom. The molecular formula is C13H17F2NO2S. The largest absolute Gasteiger partial charge is 0.465 e. The molecule has 0 heterocycles. The number of unbranched alkanes of at least 4 members (excludes halogenated alkanes) is 1. The molecule has 0 unspecified atom stereocenters. The van der Waals surface area contributed by atoms with Crippen LogP contribution in [0.4, 0.5) is 14.5 Å². The molecule has 1 N–H and O–H groups in total. The maximum absolute atomic E-state index is 13.5. The van der Waals surface area contributed by atoms with Gasteiger partial charge in [-0.05, 0) is 30.9 Å². The van der Waals surface area contributed by atoms with E-state index in [9.17, 15) is 13.6 Å². The first kappa shape index (κ1) is 15.8. The van der Waals surface area contributed by atoms with Gasteiger partial charge in [0.1, 0.15) is 11.6 Å². The van der Waals surface area contributed by atoms with Crippen molar-refractivity contribution in [2.45, 2.75) is 12.8 Å². The second-order valence-electron chi connectivity index (χ2n) is 3.93. The topological polar surface area (TPSA) is 38.3 Å². The van der Waals surface area contributed by atoms with E-state index >= 15 is 0 Å². The zero-order valence-corrected chi connectivity index (χ0v) is 11.8. The Bertz CT molecular complexity index is 441. The van der Waals surface area contributed by atoms with Gasteiger partial charge in [-0.3, -0.25) is 0 Å². The summed E-state index contributed by atoms with van der Waals surface area (Å²) >= 11 is 1.75. The van der Waals surface area contributed by atoms with E-state index in [1.807, 2.05) is 6.26 Å². The first-order chi connectivity index (χ1) is 9.10. The number of benzene rings is 1. The fraction of sp³-hybridized carbons (Fsp3) is 0.462. The highest BCUT2D eigenvalue weighted by atomic mass is 32.2. The van der Waals surface area contributed by atoms with Crippen LogP contribution in [0.25, 0.3) is 0 Å². The van der Waals surface area contributed by atoms with Crippen LogP contribution in [0.1, 0.15) is 23.2 Å². The van der Waals surface area contributed by atoms with Gasteiger partial charge in [0.2, 0.25) is 0 Å². The Labute approximate surface area is 115 Å². The minimum Gasteiger partial charge on any atom is -0.465 e. The third kappa shape index (κ3) is 4.70. The molecule has 0 saturated carbocycles. The van der Waals surface area contributed by atoms with Gasteiger partial charge in [-0.25, -0.2) is 13.6 Å². The summed E-state index contributed by atoms with van der Waals surface area (Å²) in [6.07, 6.45) is 3.92. The van der Waals surface area contributed by atoms with Crippen LogP contribution in [0.2, 0.25) is 0 Å². The maximum Gasteiger partial charge on any atom is 0.340 e. The van der Waals surface area contributed by atoms with Crippen LogP contribution < -0.4 is 5.32 Å². The summed E-state index contributed by atoms with van der Waals surface area (Å²) in [5.74, 6) is -1.41. The van der Waals surface area contributed by atoms with Gasteiger partial charge in [-0.2, -0.15) is 11.8 Å². The smallest absolute Gasteiger partial charge is 0.340 e. The molecule has 0 aromatic heterocycles. The molecule has 19 heavy (non-hydrogen) atoms. The summed E-state index contributed by atoms with van der Waals surface area (Å²) in [6.45, 7) is 0.573. The van der Waals surface area contributed by atoms with Crippen molar-refractivity contribution in [3.8, 4) is 0 Å². The lowest BCUT2D eigenvalue weighted by atomic mass is 10.1. The fourth-order valence-corrected chi connectivity index (χ4v) is 2.04. The van der Waals surface area contributed by atoms with E-state index in [-0.39, 0.29) is 11.3 Å². The lowest BCUT2D eigenvalue weighted by Gasteiger charge is -2.09. The summed E-state index contributed by atoms with van der Waals surface area (Å²) in [6, 6.07) is 1.83. The Morgan fingerprint density at radius 2 is 2.05 bits per heavy atom. The van der Waals surface area contributed by atoms with E-state index < -0.39 is 17.6 Å². The highest BCUT2D eigenvalue weighted by Gasteiger charge is 2.16. The number of hydrogen-bond donors (Lipinski definition) is 1. The van der Waals surface area contributed by atoms with E-state index in [1.165, 1.54) is 0 Å². The van der Waals surface area contributed by atoms with Gasteiger partial charge in [0.25, 0.3) is 0 Å². The minimum atomic E-state index is -0.919. The van der Waals surface area contributed by atoms with Crippen LogP contribution in [0.5, 0.6) is 0 Å². The molecular weight excluding hydrogens is 272 g/mol. The number of esters is 1. The summed E-state index contributed by atoms with van der Waals surface area (Å²) in [4.78, 5) is 11.3. The SMILES string of the molecule is COC(=O)c1cc(NCCCCSC)c(F)cc1F. The highest BCUT2D eigenvalue weighted by molar-refractivity contribution is 7.98. The van der Waals surface area contributed by atoms with Crippen LogP contribution in [-0.4, -0.2) is 31.6 Å². The second-order valence-corrected chi connectivity index (χ2v) is 4.92. The lowest BCUT2D eigenvalue weighted by Crippen LogP contribution is -2.09. The van der Waals surface area contributed by atoms with Crippen molar-refractivity contribution in [1.82, 2.24) is 0 Å². The lowest BCUT2D eigenvalue weighted by molar-refractivity contribution is 0.0595. The van der Waals surface area contributed by atoms with Crippen molar-refractivity contribution < 1.29 is 18.3 Å². The van der Waals surface area contributed by atoms with Gasteiger partial charge in [0, 0.05) is 12.6 Å². The number of rotatable bonds is 7. The third-order valence-electron chi connectivity index (χ3n) is 2.55. The Morgan fingerprint density at radius 1 is 1.32 bits per heavy atom. The zero-order valence-electron chi connectivity index (χ0n) is 11.0. The van der Waals surface area contributed by atoms with E-state index in [1.54, 1.807) is 11.8 Å². The molecule has 0 aliphatic rings. The van der Waals surface area contributed by atoms with E-state index in [0.717, 1.165) is 31.8 Å². The minimum absolute atomic E-state index is 0.117. The van der Waals surface area contributed by atoms with Gasteiger partial charge in [-0.1, -0.05) is 0 Å². The van der Waals surface area contributed by atoms with Crippen LogP contribution >= 0.6 is 11.8 Å². The van der Waals surface area contributed by atoms with E-state index in [2.05, 4.69) is 10.1 Å². The standard InChI is InChI=1S/C13H17F2NO2S/c1-18-13(17)9-7-12(11(15)8-10(9)14)16-5-3-4-6-19-2/h7-8,16H,3-6H2,1-2H3. The van der Waals surface area contributed by atoms with Crippen LogP contribution in [-0.2, 0) is 4.74 Å². The van der Waals surface area contributed by atoms with Crippen LogP contribution in [0.15, 0.2) is 12.1 Å². The number of thioether (sulfide) groups is 1. The molecule has 106 valence electrons. The summed E-state index contributed by atoms with van der Waals surface area (Å²) in [5.41, 5.74) is -0.151. The molecule has 0 bridgehead atoms. The predicted octanol–water partition coefficient (Wildman–Crippen LogP) is 3.31. The molecule has 0 amide bonds. The molecule has 0 aliphatic carbocycles. The molecule has 0 saturated heterocycles. The van der Waals surface area contributed by atoms with Crippen LogP contribution in [0, 0.1) is 11.6 Å². The Balaban J connectivity index is 2.69. The number of ether oxygens (including phenoxy) is 1. The molecule has 1 aromatic rings. The number of anilines is 1. The van der Waals surface area contributed by atoms with E-state index in [4.69, 9.17) is 0 Å².